The topological polar surface area (TPSA) is 15.8 Å². The molecule has 1 fully saturated rings. The lowest BCUT2D eigenvalue weighted by molar-refractivity contribution is 1.15. The third kappa shape index (κ3) is 1.20. The molecule has 0 unspecified atom stereocenters. The second-order valence-electron chi connectivity index (χ2n) is 3.70. The number of aromatic nitrogens is 1. The smallest absolute Gasteiger partial charge is 0.0831 e. The highest BCUT2D eigenvalue weighted by Crippen LogP contribution is 2.43. The van der Waals surface area contributed by atoms with Crippen molar-refractivity contribution in [2.45, 2.75) is 18.8 Å². The molecular formula is C11H10BrN. The van der Waals surface area contributed by atoms with Crippen LogP contribution < -0.4 is 0 Å². The predicted octanol–water partition coefficient (Wildman–Crippen LogP) is 3.81. The summed E-state index contributed by atoms with van der Waals surface area (Å²) in [5, 5.41) is 1.39. The van der Waals surface area contributed by atoms with Gasteiger partial charge in [-0.2, -0.15) is 0 Å². The molecule has 0 aliphatic heterocycles. The zero-order valence-corrected chi connectivity index (χ0v) is 8.76. The quantitative estimate of drug-likeness (QED) is 0.774. The molecule has 0 amide bonds. The molecule has 2 aromatic rings. The van der Waals surface area contributed by atoms with Gasteiger partial charge in [-0.3, -0.25) is 0 Å². The molecule has 1 aliphatic rings. The fraction of sp³-hybridized carbons (Fsp3) is 0.273. The van der Waals surface area contributed by atoms with Crippen molar-refractivity contribution in [3.63, 3.8) is 0 Å². The van der Waals surface area contributed by atoms with Crippen LogP contribution >= 0.6 is 15.9 Å². The first kappa shape index (κ1) is 7.63. The monoisotopic (exact) mass is 235 g/mol. The molecule has 1 aromatic carbocycles. The van der Waals surface area contributed by atoms with Crippen molar-refractivity contribution in [1.82, 2.24) is 4.98 Å². The SMILES string of the molecule is Brc1cc2c(C3CC3)cccc2[nH]1. The van der Waals surface area contributed by atoms with Crippen LogP contribution in [0.5, 0.6) is 0 Å². The predicted molar refractivity (Wildman–Crippen MR) is 58.0 cm³/mol. The second kappa shape index (κ2) is 2.61. The molecule has 0 radical (unpaired) electrons. The maximum atomic E-state index is 3.47. The molecule has 1 N–H and O–H groups in total. The van der Waals surface area contributed by atoms with Gasteiger partial charge in [0.15, 0.2) is 0 Å². The molecule has 1 heterocycles. The lowest BCUT2D eigenvalue weighted by Crippen LogP contribution is -1.78. The molecule has 0 spiro atoms. The van der Waals surface area contributed by atoms with Crippen molar-refractivity contribution < 1.29 is 0 Å². The van der Waals surface area contributed by atoms with Crippen molar-refractivity contribution in [3.05, 3.63) is 34.4 Å². The first-order valence-corrected chi connectivity index (χ1v) is 5.41. The standard InChI is InChI=1S/C11H10BrN/c12-11-6-9-8(7-4-5-7)2-1-3-10(9)13-11/h1-3,6-7,13H,4-5H2. The Bertz CT molecular complexity index is 454. The third-order valence-electron chi connectivity index (χ3n) is 2.68. The van der Waals surface area contributed by atoms with Gasteiger partial charge in [0.05, 0.1) is 4.60 Å². The maximum absolute atomic E-state index is 3.47. The summed E-state index contributed by atoms with van der Waals surface area (Å²) < 4.78 is 1.08. The van der Waals surface area contributed by atoms with Crippen molar-refractivity contribution in [2.75, 3.05) is 0 Å². The molecular weight excluding hydrogens is 226 g/mol. The zero-order valence-electron chi connectivity index (χ0n) is 7.18. The highest BCUT2D eigenvalue weighted by molar-refractivity contribution is 9.10. The van der Waals surface area contributed by atoms with E-state index in [-0.39, 0.29) is 0 Å². The molecule has 3 rings (SSSR count). The van der Waals surface area contributed by atoms with E-state index >= 15 is 0 Å². The van der Waals surface area contributed by atoms with E-state index in [1.165, 1.54) is 29.3 Å². The number of rotatable bonds is 1. The molecule has 66 valence electrons. The summed E-state index contributed by atoms with van der Waals surface area (Å²) in [4.78, 5) is 3.30. The van der Waals surface area contributed by atoms with Gasteiger partial charge in [0.1, 0.15) is 0 Å². The number of fused-ring (bicyclic) bond motifs is 1. The van der Waals surface area contributed by atoms with E-state index in [2.05, 4.69) is 45.2 Å². The minimum absolute atomic E-state index is 0.825. The maximum Gasteiger partial charge on any atom is 0.0831 e. The Morgan fingerprint density at radius 1 is 1.31 bits per heavy atom. The van der Waals surface area contributed by atoms with Gasteiger partial charge in [0, 0.05) is 10.9 Å². The highest BCUT2D eigenvalue weighted by atomic mass is 79.9. The molecule has 2 heteroatoms. The molecule has 13 heavy (non-hydrogen) atoms. The van der Waals surface area contributed by atoms with Crippen molar-refractivity contribution in [3.8, 4) is 0 Å². The highest BCUT2D eigenvalue weighted by Gasteiger charge is 2.25. The van der Waals surface area contributed by atoms with E-state index in [9.17, 15) is 0 Å². The van der Waals surface area contributed by atoms with Gasteiger partial charge in [0.2, 0.25) is 0 Å². The van der Waals surface area contributed by atoms with E-state index in [1.807, 2.05) is 0 Å². The summed E-state index contributed by atoms with van der Waals surface area (Å²) in [5.41, 5.74) is 2.76. The van der Waals surface area contributed by atoms with Gasteiger partial charge in [-0.05, 0) is 52.4 Å². The summed E-state index contributed by atoms with van der Waals surface area (Å²) in [5.74, 6) is 0.825. The molecule has 1 aliphatic carbocycles. The number of aromatic amines is 1. The zero-order chi connectivity index (χ0) is 8.84. The molecule has 0 saturated heterocycles. The van der Waals surface area contributed by atoms with Crippen LogP contribution in [0.4, 0.5) is 0 Å². The largest absolute Gasteiger partial charge is 0.349 e. The van der Waals surface area contributed by atoms with Crippen molar-refractivity contribution >= 4 is 26.8 Å². The van der Waals surface area contributed by atoms with Crippen LogP contribution in [-0.2, 0) is 0 Å². The first-order valence-electron chi connectivity index (χ1n) is 4.62. The number of halogens is 1. The Hall–Kier alpha value is -0.760. The molecule has 0 atom stereocenters. The second-order valence-corrected chi connectivity index (χ2v) is 4.55. The number of nitrogens with one attached hydrogen (secondary N) is 1. The Balaban J connectivity index is 2.31. The summed E-state index contributed by atoms with van der Waals surface area (Å²) in [6, 6.07) is 8.70. The van der Waals surface area contributed by atoms with Gasteiger partial charge < -0.3 is 4.98 Å². The Labute approximate surface area is 85.3 Å². The van der Waals surface area contributed by atoms with E-state index in [1.54, 1.807) is 0 Å². The van der Waals surface area contributed by atoms with Crippen LogP contribution in [0.15, 0.2) is 28.9 Å². The van der Waals surface area contributed by atoms with E-state index in [0.29, 0.717) is 0 Å². The van der Waals surface area contributed by atoms with Crippen LogP contribution in [-0.4, -0.2) is 4.98 Å². The summed E-state index contributed by atoms with van der Waals surface area (Å²) in [6.45, 7) is 0. The van der Waals surface area contributed by atoms with Crippen LogP contribution in [0.25, 0.3) is 10.9 Å². The van der Waals surface area contributed by atoms with Gasteiger partial charge in [0.25, 0.3) is 0 Å². The fourth-order valence-corrected chi connectivity index (χ4v) is 2.34. The molecule has 1 aromatic heterocycles. The summed E-state index contributed by atoms with van der Waals surface area (Å²) in [7, 11) is 0. The molecule has 1 nitrogen and oxygen atoms in total. The van der Waals surface area contributed by atoms with Crippen LogP contribution in [0.2, 0.25) is 0 Å². The summed E-state index contributed by atoms with van der Waals surface area (Å²) >= 11 is 3.47. The molecule has 0 bridgehead atoms. The van der Waals surface area contributed by atoms with Crippen LogP contribution in [0.3, 0.4) is 0 Å². The lowest BCUT2D eigenvalue weighted by atomic mass is 10.1. The normalized spacial score (nSPS) is 16.7. The molecule has 1 saturated carbocycles. The van der Waals surface area contributed by atoms with Gasteiger partial charge in [-0.1, -0.05) is 12.1 Å². The number of benzene rings is 1. The van der Waals surface area contributed by atoms with Gasteiger partial charge in [-0.25, -0.2) is 0 Å². The third-order valence-corrected chi connectivity index (χ3v) is 3.11. The number of H-pyrrole nitrogens is 1. The number of hydrogen-bond donors (Lipinski definition) is 1. The average molecular weight is 236 g/mol. The van der Waals surface area contributed by atoms with E-state index in [0.717, 1.165) is 10.5 Å². The van der Waals surface area contributed by atoms with E-state index < -0.39 is 0 Å². The Kier molecular flexibility index (Phi) is 1.53. The summed E-state index contributed by atoms with van der Waals surface area (Å²) in [6.07, 6.45) is 2.73. The van der Waals surface area contributed by atoms with Crippen molar-refractivity contribution in [2.24, 2.45) is 0 Å². The van der Waals surface area contributed by atoms with Crippen molar-refractivity contribution in [1.29, 1.82) is 0 Å². The fourth-order valence-electron chi connectivity index (χ4n) is 1.89. The van der Waals surface area contributed by atoms with Gasteiger partial charge in [-0.15, -0.1) is 0 Å². The van der Waals surface area contributed by atoms with Gasteiger partial charge >= 0.3 is 0 Å². The lowest BCUT2D eigenvalue weighted by Gasteiger charge is -1.98. The average Bonchev–Trinajstić information content (AvgIpc) is 2.86. The minimum Gasteiger partial charge on any atom is -0.349 e. The van der Waals surface area contributed by atoms with Crippen LogP contribution in [0.1, 0.15) is 24.3 Å². The minimum atomic E-state index is 0.825. The van der Waals surface area contributed by atoms with E-state index in [4.69, 9.17) is 0 Å². The van der Waals surface area contributed by atoms with Crippen LogP contribution in [0, 0.1) is 0 Å². The first-order chi connectivity index (χ1) is 6.34. The number of hydrogen-bond acceptors (Lipinski definition) is 0. The Morgan fingerprint density at radius 3 is 2.92 bits per heavy atom. The Morgan fingerprint density at radius 2 is 2.15 bits per heavy atom.